The van der Waals surface area contributed by atoms with Crippen LogP contribution in [0.1, 0.15) is 31.2 Å². The van der Waals surface area contributed by atoms with Crippen LogP contribution in [-0.4, -0.2) is 29.8 Å². The lowest BCUT2D eigenvalue weighted by Crippen LogP contribution is -2.46. The van der Waals surface area contributed by atoms with E-state index in [1.54, 1.807) is 4.90 Å². The highest BCUT2D eigenvalue weighted by Crippen LogP contribution is 2.48. The molecule has 1 aliphatic heterocycles. The van der Waals surface area contributed by atoms with Crippen LogP contribution in [0, 0.1) is 23.0 Å². The molecule has 6 heteroatoms. The topological polar surface area (TPSA) is 49.4 Å². The Morgan fingerprint density at radius 3 is 2.31 bits per heavy atom. The van der Waals surface area contributed by atoms with Crippen molar-refractivity contribution in [3.05, 3.63) is 65.7 Å². The van der Waals surface area contributed by atoms with Gasteiger partial charge in [-0.3, -0.25) is 9.59 Å². The molecule has 0 spiro atoms. The first-order valence-electron chi connectivity index (χ1n) is 10.1. The fraction of sp³-hybridized carbons (Fsp3) is 0.391. The maximum Gasteiger partial charge on any atom is 0.240 e. The zero-order chi connectivity index (χ0) is 20.4. The molecule has 2 aliphatic rings. The van der Waals surface area contributed by atoms with Gasteiger partial charge < -0.3 is 10.2 Å². The van der Waals surface area contributed by atoms with Crippen molar-refractivity contribution in [3.8, 4) is 0 Å². The molecule has 4 nitrogen and oxygen atoms in total. The standard InChI is InChI=1S/C23H24F2N2O2/c24-19-7-6-18(15-20(19)25)26-21(28)23(10-11-23)22(29)27-12-8-17(9-13-27)14-16-4-2-1-3-5-16/h1-7,15,17H,8-14H2,(H,26,28). The molecule has 1 N–H and O–H groups in total. The van der Waals surface area contributed by atoms with E-state index in [2.05, 4.69) is 17.4 Å². The number of carbonyl (C=O) groups excluding carboxylic acids is 2. The molecule has 1 aliphatic carbocycles. The molecule has 0 unspecified atom stereocenters. The van der Waals surface area contributed by atoms with E-state index in [1.807, 2.05) is 18.2 Å². The third kappa shape index (κ3) is 4.16. The van der Waals surface area contributed by atoms with E-state index in [-0.39, 0.29) is 11.6 Å². The van der Waals surface area contributed by atoms with E-state index in [0.29, 0.717) is 31.8 Å². The van der Waals surface area contributed by atoms with E-state index in [9.17, 15) is 18.4 Å². The minimum atomic E-state index is -1.06. The summed E-state index contributed by atoms with van der Waals surface area (Å²) in [6, 6.07) is 13.5. The molecule has 2 aromatic carbocycles. The summed E-state index contributed by atoms with van der Waals surface area (Å²) >= 11 is 0. The molecular formula is C23H24F2N2O2. The highest BCUT2D eigenvalue weighted by molar-refractivity contribution is 6.13. The number of anilines is 1. The molecule has 1 saturated heterocycles. The third-order valence-electron chi connectivity index (χ3n) is 6.04. The Morgan fingerprint density at radius 1 is 1.00 bits per heavy atom. The molecular weight excluding hydrogens is 374 g/mol. The van der Waals surface area contributed by atoms with Crippen molar-refractivity contribution < 1.29 is 18.4 Å². The van der Waals surface area contributed by atoms with Crippen LogP contribution in [-0.2, 0) is 16.0 Å². The van der Waals surface area contributed by atoms with Crippen molar-refractivity contribution in [1.82, 2.24) is 4.90 Å². The van der Waals surface area contributed by atoms with E-state index < -0.39 is 23.0 Å². The van der Waals surface area contributed by atoms with Gasteiger partial charge in [-0.15, -0.1) is 0 Å². The summed E-state index contributed by atoms with van der Waals surface area (Å²) in [5.74, 6) is -2.04. The number of hydrogen-bond donors (Lipinski definition) is 1. The molecule has 4 rings (SSSR count). The lowest BCUT2D eigenvalue weighted by Gasteiger charge is -2.34. The zero-order valence-electron chi connectivity index (χ0n) is 16.2. The fourth-order valence-electron chi connectivity index (χ4n) is 4.08. The second-order valence-electron chi connectivity index (χ2n) is 8.09. The predicted molar refractivity (Wildman–Crippen MR) is 106 cm³/mol. The highest BCUT2D eigenvalue weighted by atomic mass is 19.2. The Balaban J connectivity index is 1.34. The van der Waals surface area contributed by atoms with E-state index in [4.69, 9.17) is 0 Å². The molecule has 0 bridgehead atoms. The summed E-state index contributed by atoms with van der Waals surface area (Å²) in [5, 5.41) is 2.58. The number of likely N-dealkylation sites (tertiary alicyclic amines) is 1. The maximum atomic E-state index is 13.4. The zero-order valence-corrected chi connectivity index (χ0v) is 16.2. The fourth-order valence-corrected chi connectivity index (χ4v) is 4.08. The Labute approximate surface area is 168 Å². The van der Waals surface area contributed by atoms with Crippen LogP contribution in [0.3, 0.4) is 0 Å². The van der Waals surface area contributed by atoms with Crippen LogP contribution in [0.2, 0.25) is 0 Å². The first-order valence-corrected chi connectivity index (χ1v) is 10.1. The second kappa shape index (κ2) is 7.93. The van der Waals surface area contributed by atoms with Gasteiger partial charge in [0.05, 0.1) is 0 Å². The van der Waals surface area contributed by atoms with Crippen molar-refractivity contribution in [1.29, 1.82) is 0 Å². The lowest BCUT2D eigenvalue weighted by molar-refractivity contribution is -0.143. The number of rotatable bonds is 5. The Morgan fingerprint density at radius 2 is 1.69 bits per heavy atom. The molecule has 0 radical (unpaired) electrons. The van der Waals surface area contributed by atoms with Crippen molar-refractivity contribution in [2.45, 2.75) is 32.1 Å². The summed E-state index contributed by atoms with van der Waals surface area (Å²) < 4.78 is 26.5. The van der Waals surface area contributed by atoms with Gasteiger partial charge in [0.2, 0.25) is 11.8 Å². The predicted octanol–water partition coefficient (Wildman–Crippen LogP) is 4.16. The quantitative estimate of drug-likeness (QED) is 0.769. The van der Waals surface area contributed by atoms with Crippen molar-refractivity contribution in [3.63, 3.8) is 0 Å². The summed E-state index contributed by atoms with van der Waals surface area (Å²) in [6.07, 6.45) is 3.82. The van der Waals surface area contributed by atoms with E-state index in [1.165, 1.54) is 11.6 Å². The minimum Gasteiger partial charge on any atom is -0.342 e. The van der Waals surface area contributed by atoms with Crippen LogP contribution >= 0.6 is 0 Å². The van der Waals surface area contributed by atoms with Gasteiger partial charge in [-0.1, -0.05) is 30.3 Å². The minimum absolute atomic E-state index is 0.143. The Bertz CT molecular complexity index is 904. The van der Waals surface area contributed by atoms with Gasteiger partial charge in [0.25, 0.3) is 0 Å². The summed E-state index contributed by atoms with van der Waals surface area (Å²) in [6.45, 7) is 1.30. The molecule has 152 valence electrons. The van der Waals surface area contributed by atoms with E-state index >= 15 is 0 Å². The van der Waals surface area contributed by atoms with Crippen molar-refractivity contribution >= 4 is 17.5 Å². The van der Waals surface area contributed by atoms with Crippen LogP contribution in [0.5, 0.6) is 0 Å². The molecule has 2 amide bonds. The van der Waals surface area contributed by atoms with Crippen LogP contribution in [0.25, 0.3) is 0 Å². The Kier molecular flexibility index (Phi) is 5.35. The molecule has 29 heavy (non-hydrogen) atoms. The molecule has 1 heterocycles. The second-order valence-corrected chi connectivity index (χ2v) is 8.09. The monoisotopic (exact) mass is 398 g/mol. The first-order chi connectivity index (χ1) is 14.0. The number of nitrogens with one attached hydrogen (secondary N) is 1. The SMILES string of the molecule is O=C(Nc1ccc(F)c(F)c1)C1(C(=O)N2CCC(Cc3ccccc3)CC2)CC1. The smallest absolute Gasteiger partial charge is 0.240 e. The molecule has 2 aromatic rings. The van der Waals surface area contributed by atoms with Gasteiger partial charge in [-0.05, 0) is 55.7 Å². The lowest BCUT2D eigenvalue weighted by atomic mass is 9.89. The summed E-state index contributed by atoms with van der Waals surface area (Å²) in [5.41, 5.74) is 0.410. The van der Waals surface area contributed by atoms with Crippen molar-refractivity contribution in [2.24, 2.45) is 11.3 Å². The number of carbonyl (C=O) groups is 2. The third-order valence-corrected chi connectivity index (χ3v) is 6.04. The maximum absolute atomic E-state index is 13.4. The Hall–Kier alpha value is -2.76. The van der Waals surface area contributed by atoms with E-state index in [0.717, 1.165) is 31.4 Å². The normalized spacial score (nSPS) is 18.3. The summed E-state index contributed by atoms with van der Waals surface area (Å²) in [7, 11) is 0. The largest absolute Gasteiger partial charge is 0.342 e. The average Bonchev–Trinajstić information content (AvgIpc) is 3.54. The van der Waals surface area contributed by atoms with Crippen LogP contribution < -0.4 is 5.32 Å². The number of amides is 2. The van der Waals surface area contributed by atoms with Crippen LogP contribution in [0.15, 0.2) is 48.5 Å². The summed E-state index contributed by atoms with van der Waals surface area (Å²) in [4.78, 5) is 27.5. The number of benzene rings is 2. The van der Waals surface area contributed by atoms with Gasteiger partial charge in [0.1, 0.15) is 5.41 Å². The van der Waals surface area contributed by atoms with Gasteiger partial charge in [-0.2, -0.15) is 0 Å². The molecule has 2 fully saturated rings. The number of halogens is 2. The van der Waals surface area contributed by atoms with Gasteiger partial charge in [0.15, 0.2) is 11.6 Å². The molecule has 0 atom stereocenters. The van der Waals surface area contributed by atoms with Crippen molar-refractivity contribution in [2.75, 3.05) is 18.4 Å². The van der Waals surface area contributed by atoms with Crippen LogP contribution in [0.4, 0.5) is 14.5 Å². The molecule has 1 saturated carbocycles. The van der Waals surface area contributed by atoms with Gasteiger partial charge in [-0.25, -0.2) is 8.78 Å². The first kappa shape index (κ1) is 19.6. The number of nitrogens with zero attached hydrogens (tertiary/aromatic N) is 1. The van der Waals surface area contributed by atoms with Gasteiger partial charge >= 0.3 is 0 Å². The number of hydrogen-bond acceptors (Lipinski definition) is 2. The number of piperidine rings is 1. The highest BCUT2D eigenvalue weighted by Gasteiger charge is 2.58. The average molecular weight is 398 g/mol. The molecule has 0 aromatic heterocycles. The van der Waals surface area contributed by atoms with Gasteiger partial charge in [0, 0.05) is 24.8 Å².